The van der Waals surface area contributed by atoms with E-state index in [-0.39, 0.29) is 0 Å². The molecule has 11 aromatic rings. The quantitative estimate of drug-likeness (QED) is 0.170. The number of aromatic nitrogens is 3. The number of hydrogen-bond acceptors (Lipinski definition) is 5. The van der Waals surface area contributed by atoms with Crippen molar-refractivity contribution in [2.75, 3.05) is 0 Å². The van der Waals surface area contributed by atoms with E-state index in [1.54, 1.807) is 0 Å². The Morgan fingerprint density at radius 2 is 0.804 bits per heavy atom. The molecule has 56 heavy (non-hydrogen) atoms. The molecule has 0 atom stereocenters. The maximum atomic E-state index is 4.99. The summed E-state index contributed by atoms with van der Waals surface area (Å²) in [6, 6.07) is 67.0. The summed E-state index contributed by atoms with van der Waals surface area (Å²) in [7, 11) is 0. The monoisotopic (exact) mass is 749 g/mol. The first-order chi connectivity index (χ1) is 27.7. The molecule has 262 valence electrons. The Balaban J connectivity index is 1.04. The first-order valence-corrected chi connectivity index (χ1v) is 20.3. The van der Waals surface area contributed by atoms with Crippen molar-refractivity contribution in [3.8, 4) is 67.5 Å². The molecular formula is C51H31N3S2. The second-order valence-corrected chi connectivity index (χ2v) is 16.1. The lowest BCUT2D eigenvalue weighted by molar-refractivity contribution is 1.07. The molecule has 0 fully saturated rings. The molecule has 0 aliphatic heterocycles. The summed E-state index contributed by atoms with van der Waals surface area (Å²) in [4.78, 5) is 14.9. The number of fused-ring (bicyclic) bond motifs is 6. The van der Waals surface area contributed by atoms with E-state index in [4.69, 9.17) is 15.0 Å². The van der Waals surface area contributed by atoms with E-state index in [0.29, 0.717) is 17.5 Å². The Kier molecular flexibility index (Phi) is 7.87. The lowest BCUT2D eigenvalue weighted by atomic mass is 9.93. The van der Waals surface area contributed by atoms with Crippen LogP contribution in [0.15, 0.2) is 188 Å². The van der Waals surface area contributed by atoms with Gasteiger partial charge >= 0.3 is 0 Å². The van der Waals surface area contributed by atoms with Crippen molar-refractivity contribution < 1.29 is 0 Å². The fraction of sp³-hybridized carbons (Fsp3) is 0. The molecule has 0 amide bonds. The summed E-state index contributed by atoms with van der Waals surface area (Å²) in [5, 5.41) is 5.08. The zero-order valence-corrected chi connectivity index (χ0v) is 31.7. The van der Waals surface area contributed by atoms with Crippen molar-refractivity contribution in [1.29, 1.82) is 0 Å². The van der Waals surface area contributed by atoms with Gasteiger partial charge < -0.3 is 0 Å². The van der Waals surface area contributed by atoms with E-state index in [9.17, 15) is 0 Å². The third kappa shape index (κ3) is 5.77. The van der Waals surface area contributed by atoms with Crippen LogP contribution < -0.4 is 0 Å². The van der Waals surface area contributed by atoms with E-state index in [2.05, 4.69) is 127 Å². The van der Waals surface area contributed by atoms with E-state index in [1.165, 1.54) is 73.7 Å². The van der Waals surface area contributed by atoms with Crippen molar-refractivity contribution in [3.05, 3.63) is 188 Å². The van der Waals surface area contributed by atoms with Crippen LogP contribution in [0.5, 0.6) is 0 Å². The third-order valence-electron chi connectivity index (χ3n) is 10.5. The van der Waals surface area contributed by atoms with Crippen molar-refractivity contribution in [1.82, 2.24) is 15.0 Å². The molecule has 11 rings (SSSR count). The van der Waals surface area contributed by atoms with Gasteiger partial charge in [-0.05, 0) is 70.3 Å². The van der Waals surface area contributed by atoms with Crippen LogP contribution in [0.3, 0.4) is 0 Å². The van der Waals surface area contributed by atoms with Crippen molar-refractivity contribution in [3.63, 3.8) is 0 Å². The molecule has 0 saturated carbocycles. The second-order valence-electron chi connectivity index (χ2n) is 14.0. The van der Waals surface area contributed by atoms with Gasteiger partial charge in [-0.15, -0.1) is 22.7 Å². The highest BCUT2D eigenvalue weighted by Crippen LogP contribution is 2.45. The number of nitrogens with zero attached hydrogens (tertiary/aromatic N) is 3. The van der Waals surface area contributed by atoms with Gasteiger partial charge in [0.2, 0.25) is 0 Å². The largest absolute Gasteiger partial charge is 0.208 e. The van der Waals surface area contributed by atoms with E-state index >= 15 is 0 Å². The molecule has 3 nitrogen and oxygen atoms in total. The normalized spacial score (nSPS) is 11.6. The van der Waals surface area contributed by atoms with Gasteiger partial charge in [0.25, 0.3) is 0 Å². The Morgan fingerprint density at radius 1 is 0.268 bits per heavy atom. The number of benzene rings is 8. The highest BCUT2D eigenvalue weighted by atomic mass is 32.1. The highest BCUT2D eigenvalue weighted by Gasteiger charge is 2.17. The molecule has 3 aromatic heterocycles. The Labute approximate surface area is 331 Å². The first kappa shape index (κ1) is 32.6. The van der Waals surface area contributed by atoms with Crippen LogP contribution in [0.2, 0.25) is 0 Å². The molecule has 5 heteroatoms. The lowest BCUT2D eigenvalue weighted by Gasteiger charge is -2.11. The minimum atomic E-state index is 0.664. The maximum Gasteiger partial charge on any atom is 0.164 e. The van der Waals surface area contributed by atoms with E-state index in [1.807, 2.05) is 83.3 Å². The predicted molar refractivity (Wildman–Crippen MR) is 238 cm³/mol. The van der Waals surface area contributed by atoms with Crippen LogP contribution in [0, 0.1) is 0 Å². The second kappa shape index (κ2) is 13.5. The van der Waals surface area contributed by atoms with Gasteiger partial charge in [0.1, 0.15) is 0 Å². The molecule has 0 bridgehead atoms. The van der Waals surface area contributed by atoms with Gasteiger partial charge in [-0.2, -0.15) is 0 Å². The summed E-state index contributed by atoms with van der Waals surface area (Å²) in [6.45, 7) is 0. The smallest absolute Gasteiger partial charge is 0.164 e. The standard InChI is InChI=1S/C51H31N3S2/c1-4-13-32(14-5-1)35-19-12-20-37(27-35)42-29-39(30-44-40-21-10-11-22-45(40)56-48(42)44)36-24-26-46-43(28-36)41-25-23-38(31-47(41)55-46)51-53-49(33-15-6-2-7-16-33)52-50(54-51)34-17-8-3-9-18-34/h1-31H. The topological polar surface area (TPSA) is 38.7 Å². The van der Waals surface area contributed by atoms with E-state index in [0.717, 1.165) is 16.7 Å². The molecule has 0 unspecified atom stereocenters. The van der Waals surface area contributed by atoms with Gasteiger partial charge in [-0.1, -0.05) is 146 Å². The van der Waals surface area contributed by atoms with Crippen LogP contribution in [0.25, 0.3) is 108 Å². The van der Waals surface area contributed by atoms with Crippen LogP contribution >= 0.6 is 22.7 Å². The Bertz CT molecular complexity index is 3180. The van der Waals surface area contributed by atoms with Crippen LogP contribution in [-0.2, 0) is 0 Å². The van der Waals surface area contributed by atoms with E-state index < -0.39 is 0 Å². The third-order valence-corrected chi connectivity index (χ3v) is 12.9. The number of rotatable bonds is 6. The average Bonchev–Trinajstić information content (AvgIpc) is 3.84. The fourth-order valence-corrected chi connectivity index (χ4v) is 10.1. The van der Waals surface area contributed by atoms with Gasteiger partial charge in [-0.25, -0.2) is 15.0 Å². The van der Waals surface area contributed by atoms with Gasteiger partial charge in [0.15, 0.2) is 17.5 Å². The maximum absolute atomic E-state index is 4.99. The molecule has 0 N–H and O–H groups in total. The molecule has 0 aliphatic rings. The molecule has 0 aliphatic carbocycles. The summed E-state index contributed by atoms with van der Waals surface area (Å²) in [6.07, 6.45) is 0. The lowest BCUT2D eigenvalue weighted by Crippen LogP contribution is -1.99. The fourth-order valence-electron chi connectivity index (χ4n) is 7.74. The van der Waals surface area contributed by atoms with Gasteiger partial charge in [0.05, 0.1) is 0 Å². The van der Waals surface area contributed by atoms with Crippen molar-refractivity contribution in [2.45, 2.75) is 0 Å². The predicted octanol–water partition coefficient (Wildman–Crippen LogP) is 14.6. The van der Waals surface area contributed by atoms with Crippen LogP contribution in [0.4, 0.5) is 0 Å². The summed E-state index contributed by atoms with van der Waals surface area (Å²) in [5.74, 6) is 1.99. The number of hydrogen-bond donors (Lipinski definition) is 0. The summed E-state index contributed by atoms with van der Waals surface area (Å²) in [5.41, 5.74) is 10.2. The van der Waals surface area contributed by atoms with Gasteiger partial charge in [0, 0.05) is 62.6 Å². The molecule has 3 heterocycles. The van der Waals surface area contributed by atoms with Gasteiger partial charge in [-0.3, -0.25) is 0 Å². The van der Waals surface area contributed by atoms with Crippen molar-refractivity contribution >= 4 is 63.0 Å². The molecule has 0 saturated heterocycles. The van der Waals surface area contributed by atoms with Crippen LogP contribution in [-0.4, -0.2) is 15.0 Å². The highest BCUT2D eigenvalue weighted by molar-refractivity contribution is 7.26. The Hall–Kier alpha value is -6.79. The minimum absolute atomic E-state index is 0.664. The minimum Gasteiger partial charge on any atom is -0.208 e. The van der Waals surface area contributed by atoms with Crippen LogP contribution in [0.1, 0.15) is 0 Å². The zero-order chi connectivity index (χ0) is 37.0. The number of thiophene rings is 2. The summed E-state index contributed by atoms with van der Waals surface area (Å²) < 4.78 is 5.08. The molecule has 0 radical (unpaired) electrons. The Morgan fingerprint density at radius 3 is 1.54 bits per heavy atom. The molecular weight excluding hydrogens is 719 g/mol. The summed E-state index contributed by atoms with van der Waals surface area (Å²) >= 11 is 3.69. The SMILES string of the molecule is c1ccc(-c2cccc(-c3cc(-c4ccc5sc6cc(-c7nc(-c8ccccc8)nc(-c8ccccc8)n7)ccc6c5c4)cc4c3sc3ccccc34)c2)cc1. The zero-order valence-electron chi connectivity index (χ0n) is 30.1. The average molecular weight is 750 g/mol. The molecule has 0 spiro atoms. The molecule has 8 aromatic carbocycles. The van der Waals surface area contributed by atoms with Crippen molar-refractivity contribution in [2.24, 2.45) is 0 Å². The first-order valence-electron chi connectivity index (χ1n) is 18.7.